The Morgan fingerprint density at radius 3 is 3.00 bits per heavy atom. The number of fused-ring (bicyclic) bond motifs is 1. The molecule has 1 aromatic rings. The fourth-order valence-corrected chi connectivity index (χ4v) is 2.85. The molecule has 2 rings (SSSR count). The highest BCUT2D eigenvalue weighted by Crippen LogP contribution is 2.30. The summed E-state index contributed by atoms with van der Waals surface area (Å²) in [6, 6.07) is 5.66. The van der Waals surface area contributed by atoms with Gasteiger partial charge in [-0.2, -0.15) is 0 Å². The van der Waals surface area contributed by atoms with E-state index in [1.54, 1.807) is 6.07 Å². The molecule has 0 bridgehead atoms. The number of nitrogens with zero attached hydrogens (tertiary/aromatic N) is 1. The molecule has 0 saturated heterocycles. The highest BCUT2D eigenvalue weighted by Gasteiger charge is 2.16. The van der Waals surface area contributed by atoms with Gasteiger partial charge < -0.3 is 14.7 Å². The number of benzene rings is 1. The Balaban J connectivity index is 1.75. The van der Waals surface area contributed by atoms with Crippen LogP contribution in [0.4, 0.5) is 5.69 Å². The Morgan fingerprint density at radius 2 is 2.19 bits per heavy atom. The van der Waals surface area contributed by atoms with E-state index in [0.29, 0.717) is 18.8 Å². The third-order valence-electron chi connectivity index (χ3n) is 3.90. The van der Waals surface area contributed by atoms with Crippen molar-refractivity contribution in [1.29, 1.82) is 0 Å². The van der Waals surface area contributed by atoms with E-state index in [4.69, 9.17) is 4.74 Å². The summed E-state index contributed by atoms with van der Waals surface area (Å²) in [7, 11) is 0. The molecule has 4 nitrogen and oxygen atoms in total. The standard InChI is InChI=1S/C17H25NO3/c1-2-21-17(20)8-4-3-5-11-18-12-6-7-14-9-10-15(19)13-16(14)18/h9-10,13,19H,2-8,11-12H2,1H3. The molecule has 1 aliphatic rings. The number of anilines is 1. The van der Waals surface area contributed by atoms with E-state index in [2.05, 4.69) is 4.90 Å². The molecule has 1 aliphatic heterocycles. The maximum Gasteiger partial charge on any atom is 0.305 e. The number of unbranched alkanes of at least 4 members (excludes halogenated alkanes) is 2. The highest BCUT2D eigenvalue weighted by molar-refractivity contribution is 5.69. The van der Waals surface area contributed by atoms with Crippen molar-refractivity contribution in [2.45, 2.75) is 45.4 Å². The van der Waals surface area contributed by atoms with Gasteiger partial charge in [0.25, 0.3) is 0 Å². The van der Waals surface area contributed by atoms with Crippen LogP contribution >= 0.6 is 0 Å². The van der Waals surface area contributed by atoms with Crippen LogP contribution in [0, 0.1) is 0 Å². The predicted molar refractivity (Wildman–Crippen MR) is 83.7 cm³/mol. The Labute approximate surface area is 126 Å². The van der Waals surface area contributed by atoms with Gasteiger partial charge >= 0.3 is 5.97 Å². The van der Waals surface area contributed by atoms with Crippen molar-refractivity contribution in [3.63, 3.8) is 0 Å². The number of aryl methyl sites for hydroxylation is 1. The van der Waals surface area contributed by atoms with Gasteiger partial charge in [-0.15, -0.1) is 0 Å². The first-order chi connectivity index (χ1) is 10.2. The summed E-state index contributed by atoms with van der Waals surface area (Å²) in [6.07, 6.45) is 5.76. The van der Waals surface area contributed by atoms with Gasteiger partial charge in [0, 0.05) is 31.3 Å². The number of hydrogen-bond acceptors (Lipinski definition) is 4. The summed E-state index contributed by atoms with van der Waals surface area (Å²) in [5.41, 5.74) is 2.50. The number of esters is 1. The molecule has 1 heterocycles. The molecule has 0 spiro atoms. The topological polar surface area (TPSA) is 49.8 Å². The van der Waals surface area contributed by atoms with Crippen molar-refractivity contribution in [2.24, 2.45) is 0 Å². The fraction of sp³-hybridized carbons (Fsp3) is 0.588. The number of phenolic OH excluding ortho intramolecular Hbond substituents is 1. The molecule has 0 fully saturated rings. The monoisotopic (exact) mass is 291 g/mol. The van der Waals surface area contributed by atoms with E-state index < -0.39 is 0 Å². The van der Waals surface area contributed by atoms with Crippen LogP contribution < -0.4 is 4.90 Å². The molecule has 21 heavy (non-hydrogen) atoms. The summed E-state index contributed by atoms with van der Waals surface area (Å²) >= 11 is 0. The smallest absolute Gasteiger partial charge is 0.305 e. The normalized spacial score (nSPS) is 13.9. The van der Waals surface area contributed by atoms with E-state index in [-0.39, 0.29) is 5.97 Å². The Kier molecular flexibility index (Phi) is 5.90. The minimum Gasteiger partial charge on any atom is -0.508 e. The van der Waals surface area contributed by atoms with Crippen molar-refractivity contribution < 1.29 is 14.6 Å². The number of rotatable bonds is 7. The summed E-state index contributed by atoms with van der Waals surface area (Å²) in [5.74, 6) is 0.244. The van der Waals surface area contributed by atoms with Gasteiger partial charge in [-0.1, -0.05) is 12.5 Å². The molecule has 1 aromatic carbocycles. The van der Waals surface area contributed by atoms with Crippen molar-refractivity contribution in [3.8, 4) is 5.75 Å². The molecule has 0 radical (unpaired) electrons. The number of carbonyl (C=O) groups excluding carboxylic acids is 1. The second-order valence-corrected chi connectivity index (χ2v) is 5.52. The molecule has 0 amide bonds. The molecular weight excluding hydrogens is 266 g/mol. The van der Waals surface area contributed by atoms with Crippen LogP contribution in [-0.4, -0.2) is 30.8 Å². The zero-order chi connectivity index (χ0) is 15.1. The average Bonchev–Trinajstić information content (AvgIpc) is 2.47. The van der Waals surface area contributed by atoms with E-state index in [1.165, 1.54) is 17.7 Å². The summed E-state index contributed by atoms with van der Waals surface area (Å²) < 4.78 is 4.92. The van der Waals surface area contributed by atoms with Gasteiger partial charge in [-0.3, -0.25) is 4.79 Å². The number of phenols is 1. The lowest BCUT2D eigenvalue weighted by Crippen LogP contribution is -2.30. The molecule has 0 unspecified atom stereocenters. The van der Waals surface area contributed by atoms with Crippen molar-refractivity contribution in [3.05, 3.63) is 23.8 Å². The van der Waals surface area contributed by atoms with Gasteiger partial charge in [0.05, 0.1) is 6.61 Å². The van der Waals surface area contributed by atoms with Gasteiger partial charge in [-0.05, 0) is 44.2 Å². The molecule has 1 N–H and O–H groups in total. The van der Waals surface area contributed by atoms with E-state index in [9.17, 15) is 9.90 Å². The first kappa shape index (κ1) is 15.7. The van der Waals surface area contributed by atoms with Crippen molar-refractivity contribution in [1.82, 2.24) is 0 Å². The van der Waals surface area contributed by atoms with Gasteiger partial charge in [0.2, 0.25) is 0 Å². The first-order valence-electron chi connectivity index (χ1n) is 7.93. The second kappa shape index (κ2) is 7.91. The van der Waals surface area contributed by atoms with Crippen LogP contribution in [0.15, 0.2) is 18.2 Å². The zero-order valence-electron chi connectivity index (χ0n) is 12.8. The van der Waals surface area contributed by atoms with Crippen LogP contribution in [0.5, 0.6) is 5.75 Å². The van der Waals surface area contributed by atoms with Crippen LogP contribution in [0.25, 0.3) is 0 Å². The largest absolute Gasteiger partial charge is 0.508 e. The lowest BCUT2D eigenvalue weighted by atomic mass is 10.0. The van der Waals surface area contributed by atoms with E-state index >= 15 is 0 Å². The first-order valence-corrected chi connectivity index (χ1v) is 7.93. The maximum atomic E-state index is 11.2. The predicted octanol–water partition coefficient (Wildman–Crippen LogP) is 3.27. The van der Waals surface area contributed by atoms with Gasteiger partial charge in [0.1, 0.15) is 5.75 Å². The molecule has 0 saturated carbocycles. The lowest BCUT2D eigenvalue weighted by molar-refractivity contribution is -0.143. The number of carbonyl (C=O) groups is 1. The second-order valence-electron chi connectivity index (χ2n) is 5.52. The lowest BCUT2D eigenvalue weighted by Gasteiger charge is -2.31. The summed E-state index contributed by atoms with van der Waals surface area (Å²) in [6.45, 7) is 4.33. The van der Waals surface area contributed by atoms with Crippen LogP contribution in [-0.2, 0) is 16.0 Å². The molecule has 0 aliphatic carbocycles. The van der Waals surface area contributed by atoms with Crippen molar-refractivity contribution in [2.75, 3.05) is 24.6 Å². The summed E-state index contributed by atoms with van der Waals surface area (Å²) in [4.78, 5) is 13.6. The van der Waals surface area contributed by atoms with Gasteiger partial charge in [-0.25, -0.2) is 0 Å². The van der Waals surface area contributed by atoms with E-state index in [1.807, 2.05) is 19.1 Å². The SMILES string of the molecule is CCOC(=O)CCCCCN1CCCc2ccc(O)cc21. The Morgan fingerprint density at radius 1 is 1.33 bits per heavy atom. The molecular formula is C17H25NO3. The molecule has 0 aromatic heterocycles. The minimum atomic E-state index is -0.0919. The fourth-order valence-electron chi connectivity index (χ4n) is 2.85. The highest BCUT2D eigenvalue weighted by atomic mass is 16.5. The quantitative estimate of drug-likeness (QED) is 0.619. The number of hydrogen-bond donors (Lipinski definition) is 1. The number of aromatic hydroxyl groups is 1. The van der Waals surface area contributed by atoms with Crippen molar-refractivity contribution >= 4 is 11.7 Å². The number of ether oxygens (including phenoxy) is 1. The summed E-state index contributed by atoms with van der Waals surface area (Å²) in [5, 5.41) is 9.65. The Hall–Kier alpha value is -1.71. The molecule has 4 heteroatoms. The average molecular weight is 291 g/mol. The van der Waals surface area contributed by atoms with Gasteiger partial charge in [0.15, 0.2) is 0 Å². The Bertz CT molecular complexity index is 473. The maximum absolute atomic E-state index is 11.2. The van der Waals surface area contributed by atoms with Crippen LogP contribution in [0.1, 0.15) is 44.6 Å². The van der Waals surface area contributed by atoms with Crippen LogP contribution in [0.3, 0.4) is 0 Å². The minimum absolute atomic E-state index is 0.0919. The zero-order valence-corrected chi connectivity index (χ0v) is 12.8. The third kappa shape index (κ3) is 4.66. The third-order valence-corrected chi connectivity index (χ3v) is 3.90. The van der Waals surface area contributed by atoms with E-state index in [0.717, 1.165) is 38.8 Å². The van der Waals surface area contributed by atoms with Crippen LogP contribution in [0.2, 0.25) is 0 Å². The molecule has 116 valence electrons. The molecule has 0 atom stereocenters.